The minimum absolute atomic E-state index is 0.356. The van der Waals surface area contributed by atoms with Crippen molar-refractivity contribution in [3.63, 3.8) is 0 Å². The summed E-state index contributed by atoms with van der Waals surface area (Å²) >= 11 is 0. The number of ketones is 1. The summed E-state index contributed by atoms with van der Waals surface area (Å²) < 4.78 is 5.25. The molecule has 1 atom stereocenters. The van der Waals surface area contributed by atoms with Crippen molar-refractivity contribution in [1.82, 2.24) is 0 Å². The Bertz CT molecular complexity index is 154. The van der Waals surface area contributed by atoms with E-state index in [2.05, 4.69) is 0 Å². The molecule has 0 heterocycles. The fourth-order valence-corrected chi connectivity index (χ4v) is 1.94. The first-order chi connectivity index (χ1) is 6.34. The Morgan fingerprint density at radius 2 is 2.31 bits per heavy atom. The van der Waals surface area contributed by atoms with Gasteiger partial charge in [0.05, 0.1) is 0 Å². The average Bonchev–Trinajstić information content (AvgIpc) is 2.15. The zero-order valence-electron chi connectivity index (χ0n) is 8.55. The quantitative estimate of drug-likeness (QED) is 0.614. The van der Waals surface area contributed by atoms with E-state index in [0.29, 0.717) is 11.7 Å². The Labute approximate surface area is 80.7 Å². The smallest absolute Gasteiger partial charge is 0.135 e. The van der Waals surface area contributed by atoms with Crippen LogP contribution in [0.15, 0.2) is 0 Å². The molecule has 76 valence electrons. The molecule has 1 rings (SSSR count). The number of ether oxygens (including phenoxy) is 1. The van der Waals surface area contributed by atoms with Crippen LogP contribution in [0.25, 0.3) is 0 Å². The third kappa shape index (κ3) is 3.90. The molecule has 0 saturated heterocycles. The van der Waals surface area contributed by atoms with Crippen LogP contribution in [-0.2, 0) is 9.53 Å². The van der Waals surface area contributed by atoms with E-state index in [1.165, 1.54) is 6.42 Å². The zero-order valence-corrected chi connectivity index (χ0v) is 8.55. The van der Waals surface area contributed by atoms with E-state index in [0.717, 1.165) is 45.3 Å². The SMILES string of the molecule is CCOCCCC1CCCCC1=O. The van der Waals surface area contributed by atoms with Crippen LogP contribution in [0.5, 0.6) is 0 Å². The molecule has 0 bridgehead atoms. The summed E-state index contributed by atoms with van der Waals surface area (Å²) in [6, 6.07) is 0. The van der Waals surface area contributed by atoms with Gasteiger partial charge in [0, 0.05) is 25.6 Å². The lowest BCUT2D eigenvalue weighted by atomic mass is 9.85. The fraction of sp³-hybridized carbons (Fsp3) is 0.909. The molecule has 1 aliphatic rings. The first-order valence-electron chi connectivity index (χ1n) is 5.45. The molecule has 0 spiro atoms. The molecule has 1 fully saturated rings. The first-order valence-corrected chi connectivity index (χ1v) is 5.45. The molecule has 0 amide bonds. The van der Waals surface area contributed by atoms with Gasteiger partial charge in [-0.15, -0.1) is 0 Å². The molecule has 0 aliphatic heterocycles. The highest BCUT2D eigenvalue weighted by Gasteiger charge is 2.21. The molecular formula is C11H20O2. The van der Waals surface area contributed by atoms with Crippen LogP contribution in [0, 0.1) is 5.92 Å². The summed E-state index contributed by atoms with van der Waals surface area (Å²) in [4.78, 5) is 11.4. The lowest BCUT2D eigenvalue weighted by Gasteiger charge is -2.19. The van der Waals surface area contributed by atoms with E-state index >= 15 is 0 Å². The maximum atomic E-state index is 11.4. The summed E-state index contributed by atoms with van der Waals surface area (Å²) in [5.74, 6) is 0.844. The molecule has 2 heteroatoms. The minimum atomic E-state index is 0.356. The maximum absolute atomic E-state index is 11.4. The van der Waals surface area contributed by atoms with Gasteiger partial charge in [-0.1, -0.05) is 6.42 Å². The van der Waals surface area contributed by atoms with Gasteiger partial charge in [-0.2, -0.15) is 0 Å². The summed E-state index contributed by atoms with van der Waals surface area (Å²) in [5, 5.41) is 0. The van der Waals surface area contributed by atoms with Gasteiger partial charge in [0.15, 0.2) is 0 Å². The van der Waals surface area contributed by atoms with E-state index < -0.39 is 0 Å². The minimum Gasteiger partial charge on any atom is -0.382 e. The van der Waals surface area contributed by atoms with Crippen molar-refractivity contribution in [1.29, 1.82) is 0 Å². The molecule has 1 unspecified atom stereocenters. The van der Waals surface area contributed by atoms with Gasteiger partial charge in [0.2, 0.25) is 0 Å². The van der Waals surface area contributed by atoms with Crippen molar-refractivity contribution in [2.45, 2.75) is 45.4 Å². The van der Waals surface area contributed by atoms with Crippen LogP contribution in [-0.4, -0.2) is 19.0 Å². The van der Waals surface area contributed by atoms with Gasteiger partial charge < -0.3 is 4.74 Å². The topological polar surface area (TPSA) is 26.3 Å². The van der Waals surface area contributed by atoms with Crippen molar-refractivity contribution in [2.24, 2.45) is 5.92 Å². The number of carbonyl (C=O) groups is 1. The van der Waals surface area contributed by atoms with Crippen molar-refractivity contribution in [2.75, 3.05) is 13.2 Å². The van der Waals surface area contributed by atoms with Crippen molar-refractivity contribution < 1.29 is 9.53 Å². The first kappa shape index (κ1) is 10.7. The highest BCUT2D eigenvalue weighted by molar-refractivity contribution is 5.81. The second-order valence-corrected chi connectivity index (χ2v) is 3.75. The number of Topliss-reactive ketones (excluding diaryl/α,β-unsaturated/α-hetero) is 1. The van der Waals surface area contributed by atoms with Gasteiger partial charge >= 0.3 is 0 Å². The number of rotatable bonds is 5. The predicted molar refractivity (Wildman–Crippen MR) is 52.7 cm³/mol. The van der Waals surface area contributed by atoms with Gasteiger partial charge in [0.1, 0.15) is 5.78 Å². The summed E-state index contributed by atoms with van der Waals surface area (Å²) in [5.41, 5.74) is 0. The van der Waals surface area contributed by atoms with E-state index in [-0.39, 0.29) is 0 Å². The van der Waals surface area contributed by atoms with Gasteiger partial charge in [-0.25, -0.2) is 0 Å². The molecule has 0 radical (unpaired) electrons. The Balaban J connectivity index is 2.08. The fourth-order valence-electron chi connectivity index (χ4n) is 1.94. The van der Waals surface area contributed by atoms with Crippen LogP contribution < -0.4 is 0 Å². The van der Waals surface area contributed by atoms with Crippen LogP contribution in [0.4, 0.5) is 0 Å². The van der Waals surface area contributed by atoms with Crippen LogP contribution >= 0.6 is 0 Å². The Kier molecular flexibility index (Phi) is 5.06. The molecule has 1 aliphatic carbocycles. The van der Waals surface area contributed by atoms with E-state index in [4.69, 9.17) is 4.74 Å². The van der Waals surface area contributed by atoms with Gasteiger partial charge in [0.25, 0.3) is 0 Å². The summed E-state index contributed by atoms with van der Waals surface area (Å²) in [7, 11) is 0. The normalized spacial score (nSPS) is 23.5. The van der Waals surface area contributed by atoms with Gasteiger partial charge in [-0.3, -0.25) is 4.79 Å². The molecule has 0 aromatic carbocycles. The molecule has 0 aromatic heterocycles. The van der Waals surface area contributed by atoms with Gasteiger partial charge in [-0.05, 0) is 32.6 Å². The molecular weight excluding hydrogens is 164 g/mol. The molecule has 0 aromatic rings. The van der Waals surface area contributed by atoms with Crippen LogP contribution in [0.1, 0.15) is 45.4 Å². The van der Waals surface area contributed by atoms with Crippen molar-refractivity contribution >= 4 is 5.78 Å². The average molecular weight is 184 g/mol. The Hall–Kier alpha value is -0.370. The monoisotopic (exact) mass is 184 g/mol. The Morgan fingerprint density at radius 3 is 3.00 bits per heavy atom. The molecule has 13 heavy (non-hydrogen) atoms. The Morgan fingerprint density at radius 1 is 1.46 bits per heavy atom. The predicted octanol–water partition coefficient (Wildman–Crippen LogP) is 2.56. The number of hydrogen-bond acceptors (Lipinski definition) is 2. The standard InChI is InChI=1S/C11H20O2/c1-2-13-9-5-7-10-6-3-4-8-11(10)12/h10H,2-9H2,1H3. The van der Waals surface area contributed by atoms with E-state index in [1.54, 1.807) is 0 Å². The second kappa shape index (κ2) is 6.14. The lowest BCUT2D eigenvalue weighted by molar-refractivity contribution is -0.124. The van der Waals surface area contributed by atoms with Crippen molar-refractivity contribution in [3.05, 3.63) is 0 Å². The molecule has 2 nitrogen and oxygen atoms in total. The lowest BCUT2D eigenvalue weighted by Crippen LogP contribution is -2.19. The summed E-state index contributed by atoms with van der Waals surface area (Å²) in [6.07, 6.45) is 6.37. The number of carbonyl (C=O) groups excluding carboxylic acids is 1. The van der Waals surface area contributed by atoms with E-state index in [1.807, 2.05) is 6.92 Å². The number of hydrogen-bond donors (Lipinski definition) is 0. The highest BCUT2D eigenvalue weighted by Crippen LogP contribution is 2.24. The largest absolute Gasteiger partial charge is 0.382 e. The molecule has 1 saturated carbocycles. The van der Waals surface area contributed by atoms with Crippen LogP contribution in [0.3, 0.4) is 0 Å². The van der Waals surface area contributed by atoms with Crippen LogP contribution in [0.2, 0.25) is 0 Å². The third-order valence-corrected chi connectivity index (χ3v) is 2.73. The molecule has 0 N–H and O–H groups in total. The van der Waals surface area contributed by atoms with E-state index in [9.17, 15) is 4.79 Å². The third-order valence-electron chi connectivity index (χ3n) is 2.73. The maximum Gasteiger partial charge on any atom is 0.135 e. The zero-order chi connectivity index (χ0) is 9.52. The summed E-state index contributed by atoms with van der Waals surface area (Å²) in [6.45, 7) is 3.62. The van der Waals surface area contributed by atoms with Crippen molar-refractivity contribution in [3.8, 4) is 0 Å². The highest BCUT2D eigenvalue weighted by atomic mass is 16.5. The second-order valence-electron chi connectivity index (χ2n) is 3.75.